The number of benzene rings is 1. The Morgan fingerprint density at radius 3 is 2.82 bits per heavy atom. The Kier molecular flexibility index (Phi) is 6.80. The van der Waals surface area contributed by atoms with Crippen LogP contribution in [0, 0.1) is 11.7 Å². The van der Waals surface area contributed by atoms with Crippen LogP contribution >= 0.6 is 11.3 Å². The van der Waals surface area contributed by atoms with Crippen molar-refractivity contribution < 1.29 is 19.3 Å². The molecule has 1 heterocycles. The normalized spacial score (nSPS) is 15.8. The van der Waals surface area contributed by atoms with Gasteiger partial charge in [-0.05, 0) is 49.3 Å². The average molecular weight is 405 g/mol. The zero-order valence-corrected chi connectivity index (χ0v) is 17.1. The molecular weight excluding hydrogens is 377 g/mol. The van der Waals surface area contributed by atoms with Crippen LogP contribution in [0.3, 0.4) is 0 Å². The number of hydrogen-bond acceptors (Lipinski definition) is 3. The van der Waals surface area contributed by atoms with Gasteiger partial charge >= 0.3 is 0 Å². The second kappa shape index (κ2) is 9.30. The Balaban J connectivity index is 1.86. The molecule has 0 radical (unpaired) electrons. The third-order valence-electron chi connectivity index (χ3n) is 4.94. The molecule has 7 heteroatoms. The Bertz CT molecular complexity index is 865. The highest BCUT2D eigenvalue weighted by Crippen LogP contribution is 2.40. The maximum absolute atomic E-state index is 14.0. The number of thiophene rings is 1. The molecule has 1 aliphatic rings. The molecule has 150 valence electrons. The van der Waals surface area contributed by atoms with Crippen molar-refractivity contribution in [3.8, 4) is 0 Å². The maximum atomic E-state index is 14.0. The highest BCUT2D eigenvalue weighted by molar-refractivity contribution is 7.17. The van der Waals surface area contributed by atoms with Gasteiger partial charge in [0.2, 0.25) is 0 Å². The number of hydrogen-bond donors (Lipinski definition) is 3. The van der Waals surface area contributed by atoms with Gasteiger partial charge in [-0.15, -0.1) is 11.3 Å². The first-order chi connectivity index (χ1) is 13.5. The summed E-state index contributed by atoms with van der Waals surface area (Å²) in [6, 6.07) is 6.10. The molecule has 1 atom stereocenters. The van der Waals surface area contributed by atoms with E-state index in [2.05, 4.69) is 24.5 Å². The SMILES string of the molecule is CCC[NH2+]CC(=O)Nc1sc2c(c1C(=O)Nc1ccccc1F)CC[C@@H](C)C2. The van der Waals surface area contributed by atoms with Crippen LogP contribution in [0.4, 0.5) is 15.1 Å². The molecule has 2 aromatic rings. The number of para-hydroxylation sites is 1. The summed E-state index contributed by atoms with van der Waals surface area (Å²) in [7, 11) is 0. The number of quaternary nitrogens is 1. The van der Waals surface area contributed by atoms with Gasteiger partial charge in [0.05, 0.1) is 17.8 Å². The molecular formula is C21H27FN3O2S+. The number of carbonyl (C=O) groups is 2. The lowest BCUT2D eigenvalue weighted by Crippen LogP contribution is -2.86. The van der Waals surface area contributed by atoms with Crippen LogP contribution in [0.2, 0.25) is 0 Å². The topological polar surface area (TPSA) is 74.8 Å². The fourth-order valence-electron chi connectivity index (χ4n) is 3.44. The highest BCUT2D eigenvalue weighted by Gasteiger charge is 2.28. The fraction of sp³-hybridized carbons (Fsp3) is 0.429. The lowest BCUT2D eigenvalue weighted by atomic mass is 9.88. The van der Waals surface area contributed by atoms with Crippen LogP contribution < -0.4 is 16.0 Å². The first kappa shape index (κ1) is 20.5. The molecule has 4 N–H and O–H groups in total. The van der Waals surface area contributed by atoms with Gasteiger partial charge in [0, 0.05) is 4.88 Å². The molecule has 0 saturated carbocycles. The van der Waals surface area contributed by atoms with Gasteiger partial charge in [-0.2, -0.15) is 0 Å². The quantitative estimate of drug-likeness (QED) is 0.620. The summed E-state index contributed by atoms with van der Waals surface area (Å²) in [6.45, 7) is 5.46. The molecule has 0 saturated heterocycles. The van der Waals surface area contributed by atoms with Gasteiger partial charge in [0.25, 0.3) is 11.8 Å². The number of anilines is 2. The van der Waals surface area contributed by atoms with Gasteiger partial charge in [-0.25, -0.2) is 4.39 Å². The average Bonchev–Trinajstić information content (AvgIpc) is 3.00. The minimum Gasteiger partial charge on any atom is -0.338 e. The number of rotatable bonds is 7. The Hall–Kier alpha value is -2.25. The van der Waals surface area contributed by atoms with E-state index in [1.165, 1.54) is 23.5 Å². The Morgan fingerprint density at radius 2 is 2.07 bits per heavy atom. The third-order valence-corrected chi connectivity index (χ3v) is 6.11. The van der Waals surface area contributed by atoms with Crippen LogP contribution in [0.1, 0.15) is 47.5 Å². The summed E-state index contributed by atoms with van der Waals surface area (Å²) in [4.78, 5) is 26.5. The molecule has 0 spiro atoms. The monoisotopic (exact) mass is 404 g/mol. The number of fused-ring (bicyclic) bond motifs is 1. The summed E-state index contributed by atoms with van der Waals surface area (Å²) in [5.74, 6) is -0.423. The third kappa shape index (κ3) is 4.77. The van der Waals surface area contributed by atoms with Crippen LogP contribution in [0.15, 0.2) is 24.3 Å². The molecule has 1 aromatic heterocycles. The molecule has 0 bridgehead atoms. The van der Waals surface area contributed by atoms with E-state index in [0.717, 1.165) is 42.7 Å². The van der Waals surface area contributed by atoms with Crippen molar-refractivity contribution in [2.45, 2.75) is 39.5 Å². The zero-order valence-electron chi connectivity index (χ0n) is 16.3. The van der Waals surface area contributed by atoms with Gasteiger partial charge in [-0.3, -0.25) is 9.59 Å². The highest BCUT2D eigenvalue weighted by atomic mass is 32.1. The van der Waals surface area contributed by atoms with Crippen LogP contribution in [0.5, 0.6) is 0 Å². The number of amides is 2. The Labute approximate surface area is 168 Å². The molecule has 1 aliphatic carbocycles. The van der Waals surface area contributed by atoms with E-state index in [1.54, 1.807) is 12.1 Å². The van der Waals surface area contributed by atoms with Gasteiger partial charge in [0.1, 0.15) is 10.8 Å². The molecule has 0 aliphatic heterocycles. The predicted molar refractivity (Wildman–Crippen MR) is 110 cm³/mol. The van der Waals surface area contributed by atoms with Crippen molar-refractivity contribution in [1.29, 1.82) is 0 Å². The Morgan fingerprint density at radius 1 is 1.29 bits per heavy atom. The summed E-state index contributed by atoms with van der Waals surface area (Å²) < 4.78 is 14.0. The van der Waals surface area contributed by atoms with Crippen LogP contribution in [-0.2, 0) is 17.6 Å². The van der Waals surface area contributed by atoms with Crippen molar-refractivity contribution >= 4 is 33.8 Å². The number of nitrogens with two attached hydrogens (primary N) is 1. The lowest BCUT2D eigenvalue weighted by Gasteiger charge is -2.18. The van der Waals surface area contributed by atoms with Crippen molar-refractivity contribution in [1.82, 2.24) is 0 Å². The van der Waals surface area contributed by atoms with E-state index in [1.807, 2.05) is 5.32 Å². The molecule has 3 rings (SSSR count). The minimum atomic E-state index is -0.478. The van der Waals surface area contributed by atoms with E-state index in [4.69, 9.17) is 0 Å². The summed E-state index contributed by atoms with van der Waals surface area (Å²) in [6.07, 6.45) is 3.69. The molecule has 0 fully saturated rings. The van der Waals surface area contributed by atoms with E-state index in [-0.39, 0.29) is 17.5 Å². The molecule has 5 nitrogen and oxygen atoms in total. The smallest absolute Gasteiger partial charge is 0.280 e. The second-order valence-electron chi connectivity index (χ2n) is 7.32. The molecule has 1 aromatic carbocycles. The zero-order chi connectivity index (χ0) is 20.1. The van der Waals surface area contributed by atoms with Gasteiger partial charge < -0.3 is 16.0 Å². The predicted octanol–water partition coefficient (Wildman–Crippen LogP) is 3.18. The van der Waals surface area contributed by atoms with Crippen LogP contribution in [-0.4, -0.2) is 24.9 Å². The molecule has 28 heavy (non-hydrogen) atoms. The summed E-state index contributed by atoms with van der Waals surface area (Å²) in [5.41, 5.74) is 1.62. The van der Waals surface area contributed by atoms with Crippen LogP contribution in [0.25, 0.3) is 0 Å². The summed E-state index contributed by atoms with van der Waals surface area (Å²) in [5, 5.41) is 8.11. The van der Waals surface area contributed by atoms with Gasteiger partial charge in [-0.1, -0.05) is 26.0 Å². The number of nitrogens with one attached hydrogen (secondary N) is 2. The van der Waals surface area contributed by atoms with Crippen molar-refractivity contribution in [3.63, 3.8) is 0 Å². The number of carbonyl (C=O) groups excluding carboxylic acids is 2. The molecule has 2 amide bonds. The fourth-order valence-corrected chi connectivity index (χ4v) is 4.87. The summed E-state index contributed by atoms with van der Waals surface area (Å²) >= 11 is 1.48. The first-order valence-corrected chi connectivity index (χ1v) is 10.6. The largest absolute Gasteiger partial charge is 0.338 e. The standard InChI is InChI=1S/C21H26FN3O2S/c1-3-10-23-12-18(26)25-21-19(14-9-8-13(2)11-17(14)28-21)20(27)24-16-7-5-4-6-15(16)22/h4-7,13,23H,3,8-12H2,1-2H3,(H,24,27)(H,25,26)/p+1/t13-/m1/s1. The van der Waals surface area contributed by atoms with Gasteiger partial charge in [0.15, 0.2) is 6.54 Å². The van der Waals surface area contributed by atoms with E-state index in [0.29, 0.717) is 23.0 Å². The van der Waals surface area contributed by atoms with Crippen molar-refractivity contribution in [2.75, 3.05) is 23.7 Å². The van der Waals surface area contributed by atoms with Crippen molar-refractivity contribution in [2.24, 2.45) is 5.92 Å². The molecule has 0 unspecified atom stereocenters. The minimum absolute atomic E-state index is 0.125. The van der Waals surface area contributed by atoms with E-state index in [9.17, 15) is 14.0 Å². The van der Waals surface area contributed by atoms with E-state index < -0.39 is 5.82 Å². The van der Waals surface area contributed by atoms with Crippen molar-refractivity contribution in [3.05, 3.63) is 46.1 Å². The lowest BCUT2D eigenvalue weighted by molar-refractivity contribution is -0.643. The first-order valence-electron chi connectivity index (χ1n) is 9.81. The second-order valence-corrected chi connectivity index (χ2v) is 8.42. The van der Waals surface area contributed by atoms with E-state index >= 15 is 0 Å². The maximum Gasteiger partial charge on any atom is 0.280 e. The number of halogens is 1.